The van der Waals surface area contributed by atoms with E-state index in [0.29, 0.717) is 0 Å². The van der Waals surface area contributed by atoms with Gasteiger partial charge in [0.25, 0.3) is 0 Å². The van der Waals surface area contributed by atoms with E-state index < -0.39 is 164 Å². The third-order valence-electron chi connectivity index (χ3n) is 12.5. The predicted molar refractivity (Wildman–Crippen MR) is 283 cm³/mol. The largest absolute Gasteiger partial charge is 0.508 e. The van der Waals surface area contributed by atoms with Gasteiger partial charge in [-0.15, -0.1) is 0 Å². The van der Waals surface area contributed by atoms with Crippen LogP contribution in [0, 0.1) is 6.92 Å². The third kappa shape index (κ3) is 14.7. The molecule has 0 aliphatic carbocycles. The molecule has 82 heavy (non-hydrogen) atoms. The molecular formula is C58H58O24. The van der Waals surface area contributed by atoms with E-state index in [4.69, 9.17) is 23.7 Å². The van der Waals surface area contributed by atoms with Gasteiger partial charge in [0.2, 0.25) is 0 Å². The Hall–Kier alpha value is -10.3. The van der Waals surface area contributed by atoms with Crippen molar-refractivity contribution in [3.05, 3.63) is 140 Å². The number of aromatic carboxylic acids is 1. The van der Waals surface area contributed by atoms with Crippen LogP contribution < -0.4 is 0 Å². The summed E-state index contributed by atoms with van der Waals surface area (Å²) in [6.45, 7) is 8.34. The van der Waals surface area contributed by atoms with Gasteiger partial charge in [-0.25, -0.2) is 28.8 Å². The molecule has 6 aromatic carbocycles. The summed E-state index contributed by atoms with van der Waals surface area (Å²) in [5, 5.41) is 135. The second-order valence-corrected chi connectivity index (χ2v) is 19.6. The first-order valence-electron chi connectivity index (χ1n) is 25.0. The molecule has 0 heterocycles. The molecule has 24 heteroatoms. The lowest BCUT2D eigenvalue weighted by atomic mass is 9.98. The molecule has 0 saturated carbocycles. The van der Waals surface area contributed by atoms with Crippen LogP contribution in [0.25, 0.3) is 0 Å². The van der Waals surface area contributed by atoms with E-state index in [2.05, 4.69) is 0 Å². The number of rotatable bonds is 21. The molecule has 0 spiro atoms. The average Bonchev–Trinajstić information content (AvgIpc) is 3.49. The fourth-order valence-electron chi connectivity index (χ4n) is 9.32. The van der Waals surface area contributed by atoms with Crippen LogP contribution in [0.15, 0.2) is 72.8 Å². The summed E-state index contributed by atoms with van der Waals surface area (Å²) < 4.78 is 27.8. The third-order valence-corrected chi connectivity index (χ3v) is 12.5. The van der Waals surface area contributed by atoms with Crippen molar-refractivity contribution in [3.63, 3.8) is 0 Å². The van der Waals surface area contributed by atoms with Crippen LogP contribution >= 0.6 is 0 Å². The number of phenols is 12. The smallest absolute Gasteiger partial charge is 0.342 e. The summed E-state index contributed by atoms with van der Waals surface area (Å²) in [5.74, 6) is -14.3. The van der Waals surface area contributed by atoms with Crippen LogP contribution in [0.2, 0.25) is 0 Å². The van der Waals surface area contributed by atoms with E-state index in [1.807, 2.05) is 0 Å². The number of ether oxygens (including phenoxy) is 5. The zero-order valence-electron chi connectivity index (χ0n) is 44.7. The van der Waals surface area contributed by atoms with Crippen molar-refractivity contribution in [3.8, 4) is 69.0 Å². The zero-order chi connectivity index (χ0) is 60.8. The Balaban J connectivity index is 1.13. The van der Waals surface area contributed by atoms with Crippen molar-refractivity contribution in [2.24, 2.45) is 0 Å². The first-order valence-corrected chi connectivity index (χ1v) is 25.0. The fraction of sp³-hybridized carbons (Fsp3) is 0.276. The molecule has 13 N–H and O–H groups in total. The number of aromatic hydroxyl groups is 12. The number of carboxylic acid groups (broad SMARTS) is 1. The minimum atomic E-state index is -1.53. The maximum Gasteiger partial charge on any atom is 0.342 e. The van der Waals surface area contributed by atoms with Crippen molar-refractivity contribution in [1.29, 1.82) is 0 Å². The van der Waals surface area contributed by atoms with Crippen molar-refractivity contribution < 1.29 is 119 Å². The summed E-state index contributed by atoms with van der Waals surface area (Å²) in [7, 11) is 0. The summed E-state index contributed by atoms with van der Waals surface area (Å²) in [6, 6.07) is 11.7. The molecule has 24 nitrogen and oxygen atoms in total. The van der Waals surface area contributed by atoms with Crippen molar-refractivity contribution >= 4 is 35.8 Å². The predicted octanol–water partition coefficient (Wildman–Crippen LogP) is 7.10. The molecular weight excluding hydrogens is 1080 g/mol. The molecule has 434 valence electrons. The standard InChI is InChI=1S/C58H58O24/c1-24-7-35(59)18-41(65)47(24)54(73)78-26(3)9-31-14-37(61)20-43(67)49(31)56(75)80-28(5)11-33-16-39(63)22-45(69)51(33)58(77)82-29(6)12-34-17-40(64)23-46(70)52(34)57(76)81-27(4)10-32-15-38(62)21-44(68)50(32)55(74)79-25(2)8-30-13-36(60)19-42(66)48(30)53(71)72/h7,13-23,25-29,59-70H,8-12H2,1-6H3,(H,71,72)/t25-,26-,27-,28-,29-/m1/s1. The van der Waals surface area contributed by atoms with E-state index in [1.165, 1.54) is 47.6 Å². The highest BCUT2D eigenvalue weighted by atomic mass is 16.6. The van der Waals surface area contributed by atoms with Crippen molar-refractivity contribution in [2.45, 2.75) is 104 Å². The first kappa shape index (κ1) is 61.0. The van der Waals surface area contributed by atoms with Gasteiger partial charge < -0.3 is 90.1 Å². The van der Waals surface area contributed by atoms with Gasteiger partial charge in [-0.1, -0.05) is 0 Å². The summed E-state index contributed by atoms with van der Waals surface area (Å²) in [5.41, 5.74) is -2.99. The fourth-order valence-corrected chi connectivity index (χ4v) is 9.32. The molecule has 0 fully saturated rings. The van der Waals surface area contributed by atoms with E-state index >= 15 is 0 Å². The summed E-state index contributed by atoms with van der Waals surface area (Å²) in [4.78, 5) is 79.8. The molecule has 0 aromatic heterocycles. The molecule has 0 aliphatic rings. The van der Waals surface area contributed by atoms with Crippen LogP contribution in [0.1, 0.15) is 130 Å². The number of benzene rings is 6. The second kappa shape index (κ2) is 25.2. The summed E-state index contributed by atoms with van der Waals surface area (Å²) >= 11 is 0. The zero-order valence-corrected chi connectivity index (χ0v) is 44.7. The number of carbonyl (C=O) groups is 6. The Morgan fingerprint density at radius 1 is 0.305 bits per heavy atom. The Morgan fingerprint density at radius 2 is 0.488 bits per heavy atom. The van der Waals surface area contributed by atoms with Gasteiger partial charge in [0.05, 0.1) is 0 Å². The summed E-state index contributed by atoms with van der Waals surface area (Å²) in [6.07, 6.45) is -7.60. The molecule has 0 saturated heterocycles. The van der Waals surface area contributed by atoms with Crippen molar-refractivity contribution in [2.75, 3.05) is 0 Å². The molecule has 5 atom stereocenters. The van der Waals surface area contributed by atoms with Crippen LogP contribution in [-0.2, 0) is 55.8 Å². The normalized spacial score (nSPS) is 13.0. The highest BCUT2D eigenvalue weighted by Gasteiger charge is 2.31. The quantitative estimate of drug-likeness (QED) is 0.0252. The molecule has 0 unspecified atom stereocenters. The lowest BCUT2D eigenvalue weighted by Crippen LogP contribution is -2.24. The topological polar surface area (TPSA) is 412 Å². The van der Waals surface area contributed by atoms with Gasteiger partial charge in [0.1, 0.15) is 133 Å². The molecule has 0 bridgehead atoms. The highest BCUT2D eigenvalue weighted by molar-refractivity contribution is 5.98. The Morgan fingerprint density at radius 3 is 0.707 bits per heavy atom. The average molecular weight is 1140 g/mol. The number of phenolic OH excluding ortho intramolecular Hbond substituents is 11. The van der Waals surface area contributed by atoms with E-state index in [-0.39, 0.29) is 70.4 Å². The second-order valence-electron chi connectivity index (χ2n) is 19.6. The minimum Gasteiger partial charge on any atom is -0.508 e. The number of carboxylic acids is 1. The van der Waals surface area contributed by atoms with Gasteiger partial charge in [-0.05, 0) is 111 Å². The van der Waals surface area contributed by atoms with Gasteiger partial charge >= 0.3 is 35.8 Å². The van der Waals surface area contributed by atoms with E-state index in [0.717, 1.165) is 66.7 Å². The monoisotopic (exact) mass is 1140 g/mol. The van der Waals surface area contributed by atoms with E-state index in [9.17, 15) is 95.2 Å². The van der Waals surface area contributed by atoms with Crippen molar-refractivity contribution in [1.82, 2.24) is 0 Å². The van der Waals surface area contributed by atoms with Gasteiger partial charge in [-0.3, -0.25) is 0 Å². The SMILES string of the molecule is Cc1cc(O)cc(O)c1C(=O)O[C@H](C)Cc1cc(O)cc(O)c1C(=O)O[C@H](C)Cc1cc(O)cc(O)c1C(=O)O[C@H](C)Cc1cc(O)cc(O)c1C(=O)O[C@H](C)Cc1cc(O)cc(O)c1C(=O)O[C@H](C)Cc1cc(O)cc(O)c1C(=O)O. The number of hydrogen-bond acceptors (Lipinski definition) is 23. The van der Waals surface area contributed by atoms with Crippen LogP contribution in [0.3, 0.4) is 0 Å². The maximum atomic E-state index is 13.9. The van der Waals surface area contributed by atoms with Crippen LogP contribution in [-0.4, -0.2) is 133 Å². The molecule has 6 rings (SSSR count). The Labute approximate surface area is 466 Å². The van der Waals surface area contributed by atoms with Gasteiger partial charge in [-0.2, -0.15) is 0 Å². The molecule has 0 radical (unpaired) electrons. The number of aryl methyl sites for hydroxylation is 1. The first-order chi connectivity index (χ1) is 38.4. The molecule has 6 aromatic rings. The van der Waals surface area contributed by atoms with E-state index in [1.54, 1.807) is 0 Å². The molecule has 0 aliphatic heterocycles. The molecule has 0 amide bonds. The number of esters is 5. The maximum absolute atomic E-state index is 13.9. The lowest BCUT2D eigenvalue weighted by Gasteiger charge is -2.21. The number of carbonyl (C=O) groups excluding carboxylic acids is 5. The minimum absolute atomic E-state index is 0.0376. The lowest BCUT2D eigenvalue weighted by molar-refractivity contribution is 0.0306. The highest BCUT2D eigenvalue weighted by Crippen LogP contribution is 2.37. The number of hydrogen-bond donors (Lipinski definition) is 13. The van der Waals surface area contributed by atoms with Gasteiger partial charge in [0, 0.05) is 68.5 Å². The Bertz CT molecular complexity index is 3470. The van der Waals surface area contributed by atoms with Gasteiger partial charge in [0.15, 0.2) is 0 Å². The van der Waals surface area contributed by atoms with Crippen LogP contribution in [0.5, 0.6) is 69.0 Å². The Kier molecular flexibility index (Phi) is 18.8. The van der Waals surface area contributed by atoms with Crippen LogP contribution in [0.4, 0.5) is 0 Å².